The summed E-state index contributed by atoms with van der Waals surface area (Å²) in [5.41, 5.74) is 7.81. The molecule has 0 unspecified atom stereocenters. The highest BCUT2D eigenvalue weighted by atomic mass is 32.1. The van der Waals surface area contributed by atoms with E-state index >= 15 is 0 Å². The van der Waals surface area contributed by atoms with E-state index in [1.54, 1.807) is 0 Å². The molecule has 1 rings (SSSR count). The van der Waals surface area contributed by atoms with Crippen LogP contribution in [0.3, 0.4) is 0 Å². The molecular formula is C14H27N3S2. The van der Waals surface area contributed by atoms with E-state index in [9.17, 15) is 0 Å². The summed E-state index contributed by atoms with van der Waals surface area (Å²) in [7, 11) is 4.19. The Kier molecular flexibility index (Phi) is 9.35. The molecule has 0 radical (unpaired) electrons. The van der Waals surface area contributed by atoms with Gasteiger partial charge in [0.25, 0.3) is 0 Å². The van der Waals surface area contributed by atoms with Crippen LogP contribution in [0.25, 0.3) is 0 Å². The Balaban J connectivity index is 0.00000154. The van der Waals surface area contributed by atoms with Crippen LogP contribution in [0.5, 0.6) is 0 Å². The van der Waals surface area contributed by atoms with Gasteiger partial charge in [-0.2, -0.15) is 0 Å². The van der Waals surface area contributed by atoms with Gasteiger partial charge in [-0.05, 0) is 26.6 Å². The molecule has 19 heavy (non-hydrogen) atoms. The second-order valence-electron chi connectivity index (χ2n) is 4.36. The van der Waals surface area contributed by atoms with Crippen LogP contribution in [0, 0.1) is 9.02 Å². The summed E-state index contributed by atoms with van der Waals surface area (Å²) in [6, 6.07) is 0. The summed E-state index contributed by atoms with van der Waals surface area (Å²) in [4.78, 5) is 4.49. The van der Waals surface area contributed by atoms with Gasteiger partial charge in [0.05, 0.1) is 14.7 Å². The molecule has 0 atom stereocenters. The lowest BCUT2D eigenvalue weighted by Crippen LogP contribution is -2.27. The SMILES string of the molecule is CC.CCN(C)CCCN(C)c1c(CN)c(=S)c1=S. The predicted molar refractivity (Wildman–Crippen MR) is 90.8 cm³/mol. The number of rotatable bonds is 7. The van der Waals surface area contributed by atoms with Crippen molar-refractivity contribution in [3.63, 3.8) is 0 Å². The van der Waals surface area contributed by atoms with Gasteiger partial charge in [-0.3, -0.25) is 0 Å². The maximum Gasteiger partial charge on any atom is 0.0799 e. The molecule has 0 aromatic heterocycles. The second-order valence-corrected chi connectivity index (χ2v) is 5.18. The highest BCUT2D eigenvalue weighted by molar-refractivity contribution is 7.74. The Bertz CT molecular complexity index is 436. The molecule has 0 bridgehead atoms. The van der Waals surface area contributed by atoms with Crippen LogP contribution in [-0.2, 0) is 6.54 Å². The fourth-order valence-electron chi connectivity index (χ4n) is 1.87. The summed E-state index contributed by atoms with van der Waals surface area (Å²) in [6.45, 7) is 9.84. The summed E-state index contributed by atoms with van der Waals surface area (Å²) in [6.07, 6.45) is 1.12. The fourth-order valence-corrected chi connectivity index (χ4v) is 2.55. The Hall–Kier alpha value is -0.360. The number of anilines is 1. The lowest BCUT2D eigenvalue weighted by molar-refractivity contribution is 0.349. The van der Waals surface area contributed by atoms with Gasteiger partial charge in [0.15, 0.2) is 0 Å². The molecule has 0 saturated carbocycles. The van der Waals surface area contributed by atoms with Crippen molar-refractivity contribution in [3.8, 4) is 0 Å². The molecule has 2 N–H and O–H groups in total. The average Bonchev–Trinajstić information content (AvgIpc) is 2.44. The van der Waals surface area contributed by atoms with Gasteiger partial charge < -0.3 is 15.5 Å². The third-order valence-electron chi connectivity index (χ3n) is 3.14. The van der Waals surface area contributed by atoms with Gasteiger partial charge >= 0.3 is 0 Å². The van der Waals surface area contributed by atoms with Crippen molar-refractivity contribution < 1.29 is 0 Å². The monoisotopic (exact) mass is 301 g/mol. The average molecular weight is 302 g/mol. The standard InChI is InChI=1S/C12H21N3S2.C2H6/c1-4-14(2)6-5-7-15(3)10-9(8-13)11(16)12(10)17;1-2/h4-8,13H2,1-3H3;1-2H3. The second kappa shape index (κ2) is 9.53. The number of nitrogens with zero attached hydrogens (tertiary/aromatic N) is 2. The quantitative estimate of drug-likeness (QED) is 0.781. The molecule has 0 fully saturated rings. The van der Waals surface area contributed by atoms with E-state index in [2.05, 4.69) is 30.8 Å². The van der Waals surface area contributed by atoms with Gasteiger partial charge in [-0.1, -0.05) is 45.2 Å². The van der Waals surface area contributed by atoms with Crippen molar-refractivity contribution in [2.75, 3.05) is 38.6 Å². The van der Waals surface area contributed by atoms with Crippen molar-refractivity contribution in [1.82, 2.24) is 4.90 Å². The summed E-state index contributed by atoms with van der Waals surface area (Å²) in [5, 5.41) is 0. The molecule has 1 aromatic rings. The lowest BCUT2D eigenvalue weighted by atomic mass is 10.1. The predicted octanol–water partition coefficient (Wildman–Crippen LogP) is 3.28. The molecule has 0 aliphatic carbocycles. The Labute approximate surface area is 128 Å². The van der Waals surface area contributed by atoms with Gasteiger partial charge in [0, 0.05) is 25.7 Å². The normalized spacial score (nSPS) is 10.5. The first kappa shape index (κ1) is 18.6. The van der Waals surface area contributed by atoms with Crippen LogP contribution in [0.15, 0.2) is 0 Å². The largest absolute Gasteiger partial charge is 0.373 e. The third-order valence-corrected chi connectivity index (χ3v) is 4.12. The number of hydrogen-bond acceptors (Lipinski definition) is 5. The molecular weight excluding hydrogens is 274 g/mol. The molecule has 3 nitrogen and oxygen atoms in total. The Morgan fingerprint density at radius 2 is 1.63 bits per heavy atom. The molecule has 0 spiro atoms. The van der Waals surface area contributed by atoms with Crippen LogP contribution in [0.4, 0.5) is 5.69 Å². The molecule has 0 heterocycles. The van der Waals surface area contributed by atoms with E-state index in [1.165, 1.54) is 0 Å². The van der Waals surface area contributed by atoms with Crippen LogP contribution in [0.1, 0.15) is 32.8 Å². The van der Waals surface area contributed by atoms with Crippen LogP contribution in [-0.4, -0.2) is 38.6 Å². The van der Waals surface area contributed by atoms with Crippen molar-refractivity contribution in [3.05, 3.63) is 14.6 Å². The van der Waals surface area contributed by atoms with E-state index < -0.39 is 0 Å². The zero-order valence-corrected chi connectivity index (χ0v) is 14.5. The zero-order chi connectivity index (χ0) is 15.0. The molecule has 0 aliphatic rings. The Morgan fingerprint density at radius 1 is 1.05 bits per heavy atom. The van der Waals surface area contributed by atoms with Crippen molar-refractivity contribution in [1.29, 1.82) is 0 Å². The maximum absolute atomic E-state index is 5.67. The highest BCUT2D eigenvalue weighted by Gasteiger charge is 2.16. The molecule has 1 aromatic carbocycles. The van der Waals surface area contributed by atoms with Gasteiger partial charge in [0.2, 0.25) is 0 Å². The summed E-state index contributed by atoms with van der Waals surface area (Å²) >= 11 is 10.4. The first-order valence-electron chi connectivity index (χ1n) is 6.94. The first-order chi connectivity index (χ1) is 9.02. The van der Waals surface area contributed by atoms with E-state index in [0.29, 0.717) is 6.54 Å². The van der Waals surface area contributed by atoms with Crippen LogP contribution in [0.2, 0.25) is 0 Å². The van der Waals surface area contributed by atoms with Crippen LogP contribution < -0.4 is 10.6 Å². The van der Waals surface area contributed by atoms with E-state index in [4.69, 9.17) is 30.2 Å². The lowest BCUT2D eigenvalue weighted by Gasteiger charge is -2.26. The molecule has 0 amide bonds. The van der Waals surface area contributed by atoms with Gasteiger partial charge in [-0.25, -0.2) is 0 Å². The van der Waals surface area contributed by atoms with E-state index in [1.807, 2.05) is 13.8 Å². The number of nitrogens with two attached hydrogens (primary N) is 1. The number of hydrogen-bond donors (Lipinski definition) is 1. The van der Waals surface area contributed by atoms with Crippen molar-refractivity contribution in [2.24, 2.45) is 5.73 Å². The minimum absolute atomic E-state index is 0.494. The first-order valence-corrected chi connectivity index (χ1v) is 7.76. The van der Waals surface area contributed by atoms with E-state index in [-0.39, 0.29) is 0 Å². The topological polar surface area (TPSA) is 32.5 Å². The van der Waals surface area contributed by atoms with Gasteiger partial charge in [-0.15, -0.1) is 0 Å². The zero-order valence-electron chi connectivity index (χ0n) is 12.8. The summed E-state index contributed by atoms with van der Waals surface area (Å²) in [5.74, 6) is 0. The van der Waals surface area contributed by atoms with Gasteiger partial charge in [0.1, 0.15) is 0 Å². The van der Waals surface area contributed by atoms with Crippen molar-refractivity contribution in [2.45, 2.75) is 33.7 Å². The van der Waals surface area contributed by atoms with Crippen LogP contribution >= 0.6 is 24.4 Å². The minimum Gasteiger partial charge on any atom is -0.373 e. The minimum atomic E-state index is 0.494. The van der Waals surface area contributed by atoms with Crippen molar-refractivity contribution >= 4 is 30.1 Å². The third kappa shape index (κ3) is 4.91. The Morgan fingerprint density at radius 3 is 2.11 bits per heavy atom. The smallest absolute Gasteiger partial charge is 0.0799 e. The highest BCUT2D eigenvalue weighted by Crippen LogP contribution is 2.29. The molecule has 110 valence electrons. The molecule has 0 aliphatic heterocycles. The van der Waals surface area contributed by atoms with E-state index in [0.717, 1.165) is 46.3 Å². The molecule has 0 saturated heterocycles. The molecule has 5 heteroatoms. The summed E-state index contributed by atoms with van der Waals surface area (Å²) < 4.78 is 1.60. The fraction of sp³-hybridized carbons (Fsp3) is 0.714. The maximum atomic E-state index is 5.67.